The number of ether oxygens (including phenoxy) is 3. The number of carboxylic acid groups (broad SMARTS) is 3. The van der Waals surface area contributed by atoms with Crippen LogP contribution in [-0.2, 0) is 81.4 Å². The van der Waals surface area contributed by atoms with E-state index in [2.05, 4.69) is 127 Å². The van der Waals surface area contributed by atoms with Crippen LogP contribution < -0.4 is 29.5 Å². The van der Waals surface area contributed by atoms with Gasteiger partial charge in [0.2, 0.25) is 0 Å². The molecule has 0 saturated carbocycles. The Hall–Kier alpha value is -15.4. The first kappa shape index (κ1) is 92.5. The van der Waals surface area contributed by atoms with Crippen molar-refractivity contribution in [3.63, 3.8) is 0 Å². The van der Waals surface area contributed by atoms with Gasteiger partial charge in [-0.25, -0.2) is 0 Å². The number of benzene rings is 11. The third-order valence-electron chi connectivity index (χ3n) is 28.7. The summed E-state index contributed by atoms with van der Waals surface area (Å²) in [7, 11) is 0. The Kier molecular flexibility index (Phi) is 26.3. The van der Waals surface area contributed by atoms with Gasteiger partial charge in [0.15, 0.2) is 0 Å². The van der Waals surface area contributed by atoms with Crippen LogP contribution in [0, 0.1) is 0 Å². The second-order valence-electron chi connectivity index (χ2n) is 34.6. The van der Waals surface area contributed by atoms with Gasteiger partial charge in [0.1, 0.15) is 33.5 Å². The summed E-state index contributed by atoms with van der Waals surface area (Å²) in [6, 6.07) is 111. The first-order valence-electron chi connectivity index (χ1n) is 45.9. The van der Waals surface area contributed by atoms with Crippen molar-refractivity contribution in [3.8, 4) is 73.1 Å². The molecular weight excluding hydrogens is 1870 g/mol. The van der Waals surface area contributed by atoms with E-state index in [1.54, 1.807) is 146 Å². The largest absolute Gasteiger partial charge is 3.00 e. The Labute approximate surface area is 803 Å². The number of rotatable bonds is 17. The predicted molar refractivity (Wildman–Crippen MR) is 514 cm³/mol. The zero-order chi connectivity index (χ0) is 93.8. The van der Waals surface area contributed by atoms with Crippen LogP contribution in [0.15, 0.2) is 383 Å². The van der Waals surface area contributed by atoms with E-state index in [1.807, 2.05) is 176 Å². The number of para-hydroxylation sites is 3. The van der Waals surface area contributed by atoms with Gasteiger partial charge in [-0.1, -0.05) is 315 Å². The van der Waals surface area contributed by atoms with Crippen LogP contribution in [0.3, 0.4) is 0 Å². The van der Waals surface area contributed by atoms with Gasteiger partial charge in [0.25, 0.3) is 0 Å². The van der Waals surface area contributed by atoms with Crippen LogP contribution in [-0.4, -0.2) is 60.7 Å². The SMILES string of the molecule is CCC1(CC)c2ccccc2-c2ccc(C3(C(=O)[O-])C(=O)Oc4ccccc4C3c3ccccn3)cc21.CCC1(CC)c2ccccc2-c2ccc(C3(C(=O)[O-])C(=O)Oc4ccccc4C3c3ccccn3)cc21.CCC1(CC)c2ccccc2-c2ccc(C3(C(=O)[O-])C(=O)Oc4ccccc4C3c3ccccn3)cc21.[Ir+3].c1ccc(-c2ccccn2)cc1.c1ccc(-c2ccccn2)cc1. The van der Waals surface area contributed by atoms with Crippen molar-refractivity contribution in [2.45, 2.75) is 130 Å². The molecule has 0 amide bonds. The van der Waals surface area contributed by atoms with Gasteiger partial charge < -0.3 is 43.9 Å². The number of pyridine rings is 5. The summed E-state index contributed by atoms with van der Waals surface area (Å²) >= 11 is 0. The molecule has 8 heterocycles. The van der Waals surface area contributed by atoms with E-state index in [0.717, 1.165) is 111 Å². The number of hydrogen-bond acceptors (Lipinski definition) is 17. The molecule has 5 aromatic heterocycles. The monoisotopic (exact) mass is 1970 g/mol. The molecule has 16 aromatic rings. The fourth-order valence-corrected chi connectivity index (χ4v) is 22.0. The van der Waals surface area contributed by atoms with Crippen molar-refractivity contribution in [2.75, 3.05) is 0 Å². The fourth-order valence-electron chi connectivity index (χ4n) is 22.0. The van der Waals surface area contributed by atoms with Crippen LogP contribution >= 0.6 is 0 Å². The molecule has 22 rings (SSSR count). The van der Waals surface area contributed by atoms with Gasteiger partial charge in [0.05, 0.1) is 47.0 Å². The molecule has 0 bridgehead atoms. The molecule has 674 valence electrons. The molecule has 3 aliphatic heterocycles. The van der Waals surface area contributed by atoms with Crippen LogP contribution in [0.1, 0.15) is 182 Å². The second-order valence-corrected chi connectivity index (χ2v) is 34.6. The molecule has 3 aliphatic carbocycles. The number of carbonyl (C=O) groups excluding carboxylic acids is 6. The molecule has 0 saturated heterocycles. The maximum atomic E-state index is 13.9. The Bertz CT molecular complexity index is 6440. The maximum absolute atomic E-state index is 13.9. The standard InChI is InChI=1S/3C32H27NO4.2C11H9N.Ir/c3*1-3-31(4-2)24-13-7-5-11-21(24)22-17-16-20(19-25(22)31)32(29(34)35)28(26-14-9-10-18-33-26)23-12-6-8-15-27(23)37-30(32)36;2*1-2-6-10(7-3-1)11-8-4-5-9-12-11;/h3*5-19,28H,3-4H2,1-2H3,(H,34,35);2*1-9H;/q;;;;;+3/p-3. The van der Waals surface area contributed by atoms with Crippen LogP contribution in [0.25, 0.3) is 55.9 Å². The molecule has 0 spiro atoms. The second kappa shape index (κ2) is 38.7. The van der Waals surface area contributed by atoms with E-state index in [1.165, 1.54) is 16.7 Å². The molecule has 0 radical (unpaired) electrons. The smallest absolute Gasteiger partial charge is 0.549 e. The van der Waals surface area contributed by atoms with Gasteiger partial charge in [-0.15, -0.1) is 0 Å². The van der Waals surface area contributed by atoms with E-state index in [-0.39, 0.29) is 36.4 Å². The average Bonchev–Trinajstić information content (AvgIpc) is 1.30. The zero-order valence-electron chi connectivity index (χ0n) is 75.8. The predicted octanol–water partition coefficient (Wildman–Crippen LogP) is 20.2. The molecule has 11 aromatic carbocycles. The number of carbonyl (C=O) groups is 6. The third kappa shape index (κ3) is 15.3. The van der Waals surface area contributed by atoms with Gasteiger partial charge in [0, 0.05) is 92.1 Å². The number of aromatic nitrogens is 5. The number of nitrogens with zero attached hydrogens (tertiary/aromatic N) is 5. The Morgan fingerprint density at radius 3 is 0.750 bits per heavy atom. The molecule has 6 unspecified atom stereocenters. The maximum Gasteiger partial charge on any atom is 3.00 e. The van der Waals surface area contributed by atoms with Gasteiger partial charge in [-0.2, -0.15) is 0 Å². The minimum Gasteiger partial charge on any atom is -0.549 e. The zero-order valence-corrected chi connectivity index (χ0v) is 78.2. The van der Waals surface area contributed by atoms with Gasteiger partial charge >= 0.3 is 38.0 Å². The normalized spacial score (nSPS) is 18.8. The van der Waals surface area contributed by atoms with E-state index in [9.17, 15) is 44.1 Å². The molecule has 0 fully saturated rings. The van der Waals surface area contributed by atoms with Gasteiger partial charge in [-0.3, -0.25) is 39.3 Å². The molecule has 136 heavy (non-hydrogen) atoms. The summed E-state index contributed by atoms with van der Waals surface area (Å²) < 4.78 is 17.1. The molecular formula is C118H96IrN5O12. The average molecular weight is 1970 g/mol. The molecule has 6 aliphatic rings. The van der Waals surface area contributed by atoms with E-state index < -0.39 is 69.8 Å². The summed E-state index contributed by atoms with van der Waals surface area (Å²) in [6.45, 7) is 12.9. The fraction of sp³-hybridized carbons (Fsp3) is 0.178. The molecule has 18 heteroatoms. The van der Waals surface area contributed by atoms with Crippen LogP contribution in [0.5, 0.6) is 17.2 Å². The van der Waals surface area contributed by atoms with Crippen molar-refractivity contribution >= 4 is 35.8 Å². The molecule has 6 atom stereocenters. The van der Waals surface area contributed by atoms with Crippen molar-refractivity contribution < 1.29 is 78.4 Å². The third-order valence-corrected chi connectivity index (χ3v) is 28.7. The van der Waals surface area contributed by atoms with Crippen LogP contribution in [0.4, 0.5) is 0 Å². The number of esters is 3. The van der Waals surface area contributed by atoms with Gasteiger partial charge in [-0.05, 0) is 201 Å². The van der Waals surface area contributed by atoms with E-state index >= 15 is 0 Å². The first-order valence-corrected chi connectivity index (χ1v) is 45.9. The summed E-state index contributed by atoms with van der Waals surface area (Å²) in [5.74, 6) is -8.85. The topological polar surface area (TPSA) is 264 Å². The van der Waals surface area contributed by atoms with Crippen molar-refractivity contribution in [1.82, 2.24) is 24.9 Å². The number of carboxylic acids is 3. The molecule has 0 N–H and O–H groups in total. The van der Waals surface area contributed by atoms with E-state index in [4.69, 9.17) is 14.2 Å². The quantitative estimate of drug-likeness (QED) is 0.0466. The van der Waals surface area contributed by atoms with Crippen LogP contribution in [0.2, 0.25) is 0 Å². The van der Waals surface area contributed by atoms with E-state index in [0.29, 0.717) is 67.7 Å². The number of fused-ring (bicyclic) bond motifs is 12. The molecule has 17 nitrogen and oxygen atoms in total. The van der Waals surface area contributed by atoms with Crippen molar-refractivity contribution in [1.29, 1.82) is 0 Å². The van der Waals surface area contributed by atoms with Crippen molar-refractivity contribution in [3.05, 3.63) is 467 Å². The minimum absolute atomic E-state index is 0. The Morgan fingerprint density at radius 2 is 0.500 bits per heavy atom. The summed E-state index contributed by atoms with van der Waals surface area (Å²) in [5, 5.41) is 39.8. The number of aliphatic carboxylic acids is 3. The Morgan fingerprint density at radius 1 is 0.265 bits per heavy atom. The summed E-state index contributed by atoms with van der Waals surface area (Å²) in [6.07, 6.45) is 13.5. The Balaban J connectivity index is 0.000000125. The summed E-state index contributed by atoms with van der Waals surface area (Å²) in [5.41, 5.74) is 14.8. The summed E-state index contributed by atoms with van der Waals surface area (Å²) in [4.78, 5) is 103. The minimum atomic E-state index is -2.11. The van der Waals surface area contributed by atoms with Crippen molar-refractivity contribution in [2.24, 2.45) is 0 Å². The number of hydrogen-bond donors (Lipinski definition) is 0. The first-order chi connectivity index (χ1) is 65.9.